The molecule has 1 aromatic heterocycles. The fourth-order valence-electron chi connectivity index (χ4n) is 5.34. The van der Waals surface area contributed by atoms with E-state index in [9.17, 15) is 9.59 Å². The van der Waals surface area contributed by atoms with Crippen LogP contribution in [0.1, 0.15) is 48.2 Å². The number of carboxylic acid groups (broad SMARTS) is 1. The van der Waals surface area contributed by atoms with E-state index in [1.807, 2.05) is 70.1 Å². The number of pyridine rings is 1. The summed E-state index contributed by atoms with van der Waals surface area (Å²) in [5, 5.41) is 7.42. The minimum Gasteiger partial charge on any atom is -0.481 e. The Morgan fingerprint density at radius 1 is 0.971 bits per heavy atom. The quantitative estimate of drug-likeness (QED) is 0.604. The maximum absolute atomic E-state index is 13.3. The first-order valence-electron chi connectivity index (χ1n) is 11.9. The Balaban J connectivity index is 0.000000672. The molecule has 1 saturated heterocycles. The Kier molecular flexibility index (Phi) is 7.46. The fourth-order valence-corrected chi connectivity index (χ4v) is 5.34. The summed E-state index contributed by atoms with van der Waals surface area (Å²) in [6.07, 6.45) is 1.77. The van der Waals surface area contributed by atoms with Crippen LogP contribution in [0.4, 0.5) is 0 Å². The van der Waals surface area contributed by atoms with Gasteiger partial charge in [-0.1, -0.05) is 66.7 Å². The van der Waals surface area contributed by atoms with Gasteiger partial charge >= 0.3 is 0 Å². The molecular formula is C28H31N3O4. The van der Waals surface area contributed by atoms with E-state index in [4.69, 9.17) is 15.6 Å². The smallest absolute Gasteiger partial charge is 0.300 e. The molecule has 7 nitrogen and oxygen atoms in total. The van der Waals surface area contributed by atoms with E-state index in [1.165, 1.54) is 5.56 Å². The number of carboxylic acids is 1. The van der Waals surface area contributed by atoms with Crippen molar-refractivity contribution in [2.45, 2.75) is 37.8 Å². The van der Waals surface area contributed by atoms with Crippen molar-refractivity contribution in [3.05, 3.63) is 106 Å². The van der Waals surface area contributed by atoms with Gasteiger partial charge in [0.15, 0.2) is 0 Å². The van der Waals surface area contributed by atoms with Crippen LogP contribution in [-0.2, 0) is 16.0 Å². The van der Waals surface area contributed by atoms with Crippen LogP contribution in [0.3, 0.4) is 0 Å². The second-order valence-corrected chi connectivity index (χ2v) is 9.26. The van der Waals surface area contributed by atoms with Gasteiger partial charge in [-0.15, -0.1) is 0 Å². The third-order valence-corrected chi connectivity index (χ3v) is 6.82. The number of nitrogens with zero attached hydrogens (tertiary/aromatic N) is 2. The molecule has 35 heavy (non-hydrogen) atoms. The minimum atomic E-state index is -0.833. The van der Waals surface area contributed by atoms with E-state index in [0.717, 1.165) is 31.0 Å². The molecule has 3 N–H and O–H groups in total. The first-order chi connectivity index (χ1) is 16.8. The molecule has 1 amide bonds. The number of fused-ring (bicyclic) bond motifs is 4. The predicted molar refractivity (Wildman–Crippen MR) is 134 cm³/mol. The highest BCUT2D eigenvalue weighted by Gasteiger charge is 2.42. The van der Waals surface area contributed by atoms with Gasteiger partial charge in [-0.25, -0.2) is 0 Å². The van der Waals surface area contributed by atoms with Crippen LogP contribution in [0.2, 0.25) is 0 Å². The Labute approximate surface area is 204 Å². The monoisotopic (exact) mass is 473 g/mol. The summed E-state index contributed by atoms with van der Waals surface area (Å²) in [6, 6.07) is 24.7. The van der Waals surface area contributed by atoms with Crippen LogP contribution < -0.4 is 11.3 Å². The van der Waals surface area contributed by atoms with Crippen molar-refractivity contribution in [2.24, 2.45) is 11.7 Å². The highest BCUT2D eigenvalue weighted by molar-refractivity contribution is 5.83. The summed E-state index contributed by atoms with van der Waals surface area (Å²) in [7, 11) is 0. The molecule has 0 saturated carbocycles. The third kappa shape index (κ3) is 5.52. The van der Waals surface area contributed by atoms with E-state index in [2.05, 4.69) is 12.1 Å². The van der Waals surface area contributed by atoms with Crippen LogP contribution in [-0.4, -0.2) is 39.5 Å². The lowest BCUT2D eigenvalue weighted by molar-refractivity contribution is -0.136. The van der Waals surface area contributed by atoms with E-state index < -0.39 is 12.0 Å². The number of rotatable bonds is 4. The molecule has 7 heteroatoms. The molecular weight excluding hydrogens is 442 g/mol. The predicted octanol–water partition coefficient (Wildman–Crippen LogP) is 3.37. The third-order valence-electron chi connectivity index (χ3n) is 6.82. The average molecular weight is 474 g/mol. The summed E-state index contributed by atoms with van der Waals surface area (Å²) in [5.74, 6) is -0.490. The van der Waals surface area contributed by atoms with Crippen molar-refractivity contribution in [3.63, 3.8) is 0 Å². The van der Waals surface area contributed by atoms with Crippen molar-refractivity contribution >= 4 is 11.9 Å². The molecule has 0 unspecified atom stereocenters. The molecule has 0 spiro atoms. The molecule has 2 aromatic carbocycles. The lowest BCUT2D eigenvalue weighted by Crippen LogP contribution is -2.53. The number of benzene rings is 2. The number of carbonyl (C=O) groups is 2. The molecule has 2 bridgehead atoms. The van der Waals surface area contributed by atoms with Crippen molar-refractivity contribution in [1.82, 2.24) is 9.47 Å². The largest absolute Gasteiger partial charge is 0.481 e. The summed E-state index contributed by atoms with van der Waals surface area (Å²) in [6.45, 7) is 2.32. The van der Waals surface area contributed by atoms with Gasteiger partial charge in [0.05, 0.1) is 0 Å². The van der Waals surface area contributed by atoms with Gasteiger partial charge in [-0.3, -0.25) is 14.4 Å². The molecule has 2 aliphatic heterocycles. The van der Waals surface area contributed by atoms with Gasteiger partial charge in [-0.05, 0) is 36.0 Å². The second kappa shape index (κ2) is 10.7. The maximum Gasteiger partial charge on any atom is 0.300 e. The lowest BCUT2D eigenvalue weighted by atomic mass is 9.76. The van der Waals surface area contributed by atoms with Gasteiger partial charge < -0.3 is 20.3 Å². The van der Waals surface area contributed by atoms with Crippen LogP contribution in [0.15, 0.2) is 83.7 Å². The van der Waals surface area contributed by atoms with Crippen molar-refractivity contribution in [3.8, 4) is 0 Å². The van der Waals surface area contributed by atoms with Crippen molar-refractivity contribution < 1.29 is 14.7 Å². The van der Waals surface area contributed by atoms with Gasteiger partial charge in [-0.2, -0.15) is 0 Å². The number of nitrogens with two attached hydrogens (primary N) is 1. The summed E-state index contributed by atoms with van der Waals surface area (Å²) >= 11 is 0. The first-order valence-corrected chi connectivity index (χ1v) is 11.9. The molecule has 0 radical (unpaired) electrons. The number of hydrogen-bond donors (Lipinski definition) is 2. The summed E-state index contributed by atoms with van der Waals surface area (Å²) in [4.78, 5) is 37.1. The Hall–Kier alpha value is -3.71. The van der Waals surface area contributed by atoms with Gasteiger partial charge in [0, 0.05) is 43.7 Å². The number of piperidine rings is 1. The molecule has 5 rings (SSSR count). The molecule has 0 aliphatic carbocycles. The Morgan fingerprint density at radius 3 is 2.26 bits per heavy atom. The molecule has 3 heterocycles. The normalized spacial score (nSPS) is 21.2. The standard InChI is InChI=1S/C26H27N3O2.C2H4O2/c27-25(19-10-5-2-6-11-19)26(31)28-16-20-15-21(17-28)23(14-18-8-3-1-4-9-18)29-22(20)12-7-13-24(29)30;1-2(3)4/h1-13,20-21,23,25H,14-17,27H2;1H3,(H,3,4)/t20-,21+,23+,25-;/m1./s1. The topological polar surface area (TPSA) is 106 Å². The average Bonchev–Trinajstić information content (AvgIpc) is 2.86. The number of aromatic nitrogens is 1. The molecule has 2 aliphatic rings. The SMILES string of the molecule is CC(=O)O.N[C@@H](C(=O)N1C[C@H]2C[C@@H](C1)[C@H](Cc1ccccc1)n1c2cccc1=O)c1ccccc1. The van der Waals surface area contributed by atoms with Crippen LogP contribution in [0.5, 0.6) is 0 Å². The van der Waals surface area contributed by atoms with E-state index in [0.29, 0.717) is 13.1 Å². The lowest BCUT2D eigenvalue weighted by Gasteiger charge is -2.47. The molecule has 182 valence electrons. The summed E-state index contributed by atoms with van der Waals surface area (Å²) in [5.41, 5.74) is 9.48. The van der Waals surface area contributed by atoms with Crippen LogP contribution in [0, 0.1) is 5.92 Å². The van der Waals surface area contributed by atoms with Gasteiger partial charge in [0.25, 0.3) is 11.5 Å². The number of aliphatic carboxylic acids is 1. The van der Waals surface area contributed by atoms with E-state index in [1.54, 1.807) is 6.07 Å². The molecule has 1 fully saturated rings. The van der Waals surface area contributed by atoms with Gasteiger partial charge in [0.1, 0.15) is 6.04 Å². The number of carbonyl (C=O) groups excluding carboxylic acids is 1. The van der Waals surface area contributed by atoms with E-state index in [-0.39, 0.29) is 29.3 Å². The molecule has 4 atom stereocenters. The zero-order valence-corrected chi connectivity index (χ0v) is 19.8. The van der Waals surface area contributed by atoms with Gasteiger partial charge in [0.2, 0.25) is 5.91 Å². The fraction of sp³-hybridized carbons (Fsp3) is 0.321. The zero-order chi connectivity index (χ0) is 24.9. The van der Waals surface area contributed by atoms with Crippen molar-refractivity contribution in [1.29, 1.82) is 0 Å². The molecule has 3 aromatic rings. The van der Waals surface area contributed by atoms with E-state index >= 15 is 0 Å². The van der Waals surface area contributed by atoms with Crippen LogP contribution in [0.25, 0.3) is 0 Å². The number of hydrogen-bond acceptors (Lipinski definition) is 4. The minimum absolute atomic E-state index is 0.0332. The highest BCUT2D eigenvalue weighted by Crippen LogP contribution is 2.42. The van der Waals surface area contributed by atoms with Crippen molar-refractivity contribution in [2.75, 3.05) is 13.1 Å². The number of likely N-dealkylation sites (tertiary alicyclic amines) is 1. The number of amides is 1. The Morgan fingerprint density at radius 2 is 1.60 bits per heavy atom. The van der Waals surface area contributed by atoms with Crippen LogP contribution >= 0.6 is 0 Å². The maximum atomic E-state index is 13.3. The highest BCUT2D eigenvalue weighted by atomic mass is 16.4. The second-order valence-electron chi connectivity index (χ2n) is 9.26. The zero-order valence-electron chi connectivity index (χ0n) is 19.8. The Bertz CT molecular complexity index is 1220. The first kappa shape index (κ1) is 24.4. The summed E-state index contributed by atoms with van der Waals surface area (Å²) < 4.78 is 1.99.